The highest BCUT2D eigenvalue weighted by Crippen LogP contribution is 2.06. The summed E-state index contributed by atoms with van der Waals surface area (Å²) in [4.78, 5) is 11.2. The van der Waals surface area contributed by atoms with Gasteiger partial charge in [0.1, 0.15) is 13.2 Å². The predicted octanol–water partition coefficient (Wildman–Crippen LogP) is 2.18. The maximum Gasteiger partial charge on any atom is 0.321 e. The average molecular weight is 330 g/mol. The molecule has 1 rings (SSSR count). The molecule has 114 valence electrons. The molecule has 0 heterocycles. The van der Waals surface area contributed by atoms with Crippen molar-refractivity contribution in [3.63, 3.8) is 0 Å². The highest BCUT2D eigenvalue weighted by atomic mass is 35.5. The van der Waals surface area contributed by atoms with Crippen LogP contribution in [0, 0.1) is 6.92 Å². The van der Waals surface area contributed by atoms with Gasteiger partial charge in [-0.15, -0.1) is 0 Å². The lowest BCUT2D eigenvalue weighted by atomic mass is 10.2. The third kappa shape index (κ3) is 7.65. The zero-order valence-corrected chi connectivity index (χ0v) is 13.1. The molecule has 1 N–H and O–H groups in total. The van der Waals surface area contributed by atoms with Crippen LogP contribution in [-0.4, -0.2) is 27.5 Å². The van der Waals surface area contributed by atoms with Gasteiger partial charge in [0.05, 0.1) is 0 Å². The number of sulfonamides is 1. The van der Waals surface area contributed by atoms with Gasteiger partial charge in [-0.1, -0.05) is 48.0 Å². The van der Waals surface area contributed by atoms with Crippen LogP contribution in [0.3, 0.4) is 0 Å². The van der Waals surface area contributed by atoms with E-state index in [0.29, 0.717) is 0 Å². The number of carbonyl (C=O) groups is 1. The van der Waals surface area contributed by atoms with Gasteiger partial charge in [0.25, 0.3) is 0 Å². The molecular formula is C14H16ClNO4S. The van der Waals surface area contributed by atoms with Crippen molar-refractivity contribution in [2.45, 2.75) is 6.92 Å². The monoisotopic (exact) mass is 329 g/mol. The fraction of sp³-hybridized carbons (Fsp3) is 0.214. The van der Waals surface area contributed by atoms with E-state index in [2.05, 4.69) is 16.0 Å². The van der Waals surface area contributed by atoms with E-state index in [1.165, 1.54) is 6.08 Å². The number of benzene rings is 1. The highest BCUT2D eigenvalue weighted by Gasteiger charge is 2.09. The van der Waals surface area contributed by atoms with Crippen molar-refractivity contribution in [2.24, 2.45) is 0 Å². The van der Waals surface area contributed by atoms with Gasteiger partial charge in [-0.3, -0.25) is 4.79 Å². The zero-order chi connectivity index (χ0) is 15.9. The molecule has 0 bridgehead atoms. The first-order chi connectivity index (χ1) is 9.78. The third-order valence-electron chi connectivity index (χ3n) is 2.32. The van der Waals surface area contributed by atoms with E-state index in [1.807, 2.05) is 19.1 Å². The Hall–Kier alpha value is -1.63. The van der Waals surface area contributed by atoms with E-state index >= 15 is 0 Å². The quantitative estimate of drug-likeness (QED) is 0.778. The molecule has 0 radical (unpaired) electrons. The molecule has 0 aliphatic heterocycles. The summed E-state index contributed by atoms with van der Waals surface area (Å²) in [5.74, 6) is -0.732. The summed E-state index contributed by atoms with van der Waals surface area (Å²) in [5.41, 5.74) is 1.82. The van der Waals surface area contributed by atoms with Crippen LogP contribution in [0.5, 0.6) is 0 Å². The Morgan fingerprint density at radius 3 is 2.57 bits per heavy atom. The van der Waals surface area contributed by atoms with E-state index in [-0.39, 0.29) is 11.6 Å². The van der Waals surface area contributed by atoms with Gasteiger partial charge in [-0.2, -0.15) is 0 Å². The maximum atomic E-state index is 11.7. The first-order valence-electron chi connectivity index (χ1n) is 6.02. The van der Waals surface area contributed by atoms with E-state index in [4.69, 9.17) is 11.6 Å². The Kier molecular flexibility index (Phi) is 6.61. The summed E-state index contributed by atoms with van der Waals surface area (Å²) < 4.78 is 30.1. The van der Waals surface area contributed by atoms with Crippen molar-refractivity contribution < 1.29 is 17.9 Å². The molecule has 0 aromatic heterocycles. The number of esters is 1. The number of hydrogen-bond acceptors (Lipinski definition) is 4. The smallest absolute Gasteiger partial charge is 0.321 e. The second-order valence-electron chi connectivity index (χ2n) is 4.26. The molecule has 1 aromatic carbocycles. The number of hydrogen-bond donors (Lipinski definition) is 1. The van der Waals surface area contributed by atoms with Gasteiger partial charge >= 0.3 is 5.97 Å². The molecule has 0 spiro atoms. The normalized spacial score (nSPS) is 11.5. The Morgan fingerprint density at radius 2 is 2.00 bits per heavy atom. The van der Waals surface area contributed by atoms with Crippen molar-refractivity contribution in [2.75, 3.05) is 13.2 Å². The van der Waals surface area contributed by atoms with Gasteiger partial charge in [0, 0.05) is 10.4 Å². The van der Waals surface area contributed by atoms with E-state index in [9.17, 15) is 13.2 Å². The molecule has 7 heteroatoms. The van der Waals surface area contributed by atoms with E-state index in [1.54, 1.807) is 12.1 Å². The van der Waals surface area contributed by atoms with Gasteiger partial charge in [0.2, 0.25) is 10.0 Å². The minimum Gasteiger partial charge on any atom is -0.459 e. The van der Waals surface area contributed by atoms with Crippen molar-refractivity contribution in [1.82, 2.24) is 4.72 Å². The van der Waals surface area contributed by atoms with Crippen molar-refractivity contribution in [3.8, 4) is 0 Å². The number of rotatable bonds is 7. The van der Waals surface area contributed by atoms with Crippen molar-refractivity contribution in [1.29, 1.82) is 0 Å². The zero-order valence-electron chi connectivity index (χ0n) is 11.5. The van der Waals surface area contributed by atoms with Crippen molar-refractivity contribution >= 4 is 33.7 Å². The molecule has 0 unspecified atom stereocenters. The second kappa shape index (κ2) is 7.97. The summed E-state index contributed by atoms with van der Waals surface area (Å²) in [6.45, 7) is 4.66. The SMILES string of the molecule is C=C(Cl)COC(=O)CNS(=O)(=O)/C=C/c1ccc(C)cc1. The number of carbonyl (C=O) groups excluding carboxylic acids is 1. The van der Waals surface area contributed by atoms with Gasteiger partial charge in [-0.25, -0.2) is 13.1 Å². The Labute approximate surface area is 129 Å². The van der Waals surface area contributed by atoms with Crippen LogP contribution in [0.15, 0.2) is 41.3 Å². The minimum atomic E-state index is -3.71. The van der Waals surface area contributed by atoms with Gasteiger partial charge in [-0.05, 0) is 18.6 Å². The molecular weight excluding hydrogens is 314 g/mol. The molecule has 0 saturated carbocycles. The van der Waals surface area contributed by atoms with Crippen LogP contribution >= 0.6 is 11.6 Å². The van der Waals surface area contributed by atoms with Crippen LogP contribution in [0.1, 0.15) is 11.1 Å². The molecule has 0 aliphatic carbocycles. The molecule has 21 heavy (non-hydrogen) atoms. The number of ether oxygens (including phenoxy) is 1. The Bertz CT molecular complexity index is 635. The third-order valence-corrected chi connectivity index (χ3v) is 3.47. The molecule has 0 amide bonds. The highest BCUT2D eigenvalue weighted by molar-refractivity contribution is 7.92. The van der Waals surface area contributed by atoms with E-state index < -0.39 is 22.5 Å². The fourth-order valence-electron chi connectivity index (χ4n) is 1.26. The average Bonchev–Trinajstić information content (AvgIpc) is 2.42. The molecule has 5 nitrogen and oxygen atoms in total. The largest absolute Gasteiger partial charge is 0.459 e. The fourth-order valence-corrected chi connectivity index (χ4v) is 2.07. The second-order valence-corrected chi connectivity index (χ2v) is 6.44. The predicted molar refractivity (Wildman–Crippen MR) is 83.1 cm³/mol. The van der Waals surface area contributed by atoms with Crippen LogP contribution < -0.4 is 4.72 Å². The van der Waals surface area contributed by atoms with E-state index in [0.717, 1.165) is 16.5 Å². The summed E-state index contributed by atoms with van der Waals surface area (Å²) in [5, 5.41) is 1.15. The lowest BCUT2D eigenvalue weighted by Crippen LogP contribution is -2.29. The standard InChI is InChI=1S/C14H16ClNO4S/c1-11-3-5-13(6-4-11)7-8-21(18,19)16-9-14(17)20-10-12(2)15/h3-8,16H,2,9-10H2,1H3/b8-7+. The molecule has 0 aliphatic rings. The molecule has 0 fully saturated rings. The molecule has 1 aromatic rings. The number of nitrogens with one attached hydrogen (secondary N) is 1. The summed E-state index contributed by atoms with van der Waals surface area (Å²) in [6, 6.07) is 7.33. The van der Waals surface area contributed by atoms with Crippen LogP contribution in [0.4, 0.5) is 0 Å². The van der Waals surface area contributed by atoms with Gasteiger partial charge in [0.15, 0.2) is 0 Å². The molecule has 0 saturated heterocycles. The topological polar surface area (TPSA) is 72.5 Å². The Morgan fingerprint density at radius 1 is 1.38 bits per heavy atom. The first-order valence-corrected chi connectivity index (χ1v) is 7.94. The summed E-state index contributed by atoms with van der Waals surface area (Å²) in [7, 11) is -3.71. The summed E-state index contributed by atoms with van der Waals surface area (Å²) in [6.07, 6.45) is 1.44. The molecule has 0 atom stereocenters. The van der Waals surface area contributed by atoms with Crippen LogP contribution in [-0.2, 0) is 19.6 Å². The lowest BCUT2D eigenvalue weighted by molar-refractivity contribution is -0.141. The van der Waals surface area contributed by atoms with Gasteiger partial charge < -0.3 is 4.74 Å². The minimum absolute atomic E-state index is 0.151. The maximum absolute atomic E-state index is 11.7. The Balaban J connectivity index is 2.52. The van der Waals surface area contributed by atoms with Crippen LogP contribution in [0.25, 0.3) is 6.08 Å². The first kappa shape index (κ1) is 17.4. The summed E-state index contributed by atoms with van der Waals surface area (Å²) >= 11 is 5.42. The van der Waals surface area contributed by atoms with Crippen LogP contribution in [0.2, 0.25) is 0 Å². The van der Waals surface area contributed by atoms with Crippen molar-refractivity contribution in [3.05, 3.63) is 52.4 Å². The lowest BCUT2D eigenvalue weighted by Gasteiger charge is -2.04. The number of halogens is 1. The number of aryl methyl sites for hydroxylation is 1.